The Balaban J connectivity index is 0.988. The van der Waals surface area contributed by atoms with Gasteiger partial charge >= 0.3 is 0 Å². The Hall–Kier alpha value is -6.82. The van der Waals surface area contributed by atoms with E-state index in [9.17, 15) is 0 Å². The van der Waals surface area contributed by atoms with Gasteiger partial charge in [-0.15, -0.1) is 0 Å². The molecule has 7 aromatic rings. The molecule has 0 amide bonds. The minimum atomic E-state index is -1.43. The summed E-state index contributed by atoms with van der Waals surface area (Å²) in [6, 6.07) is 60.2. The van der Waals surface area contributed by atoms with Gasteiger partial charge in [0.05, 0.1) is 14.1 Å². The van der Waals surface area contributed by atoms with Crippen molar-refractivity contribution in [2.45, 2.75) is 44.6 Å². The van der Waals surface area contributed by atoms with E-state index in [4.69, 9.17) is 9.47 Å². The molecule has 0 radical (unpaired) electrons. The standard InChI is InChI=1S/C55H50N2O2Si/c1-60(2,3)49-37-35-44(36-38-49)56(42-21-9-5-10-22-42)45-25-15-27-47(39-45)58-54-33-17-31-52-51(54)30-18-34-55(52)59-48-28-16-26-46(40-48)57(43-23-11-6-12-24-43)53-32-14-13-29-50(53)41-19-7-4-8-20-41/h4-23,25-38,40,43,47H,24,39H2,1-3H3. The summed E-state index contributed by atoms with van der Waals surface area (Å²) >= 11 is 0. The number of fused-ring (bicyclic) bond motifs is 1. The first kappa shape index (κ1) is 38.7. The average Bonchev–Trinajstić information content (AvgIpc) is 3.28. The van der Waals surface area contributed by atoms with E-state index in [0.29, 0.717) is 0 Å². The van der Waals surface area contributed by atoms with E-state index < -0.39 is 8.07 Å². The van der Waals surface area contributed by atoms with E-state index in [2.05, 4.69) is 230 Å². The fraction of sp³-hybridized carbons (Fsp3) is 0.127. The van der Waals surface area contributed by atoms with Gasteiger partial charge in [-0.05, 0) is 78.7 Å². The van der Waals surface area contributed by atoms with Gasteiger partial charge in [0.25, 0.3) is 0 Å². The normalized spacial score (nSPS) is 16.0. The number of anilines is 4. The van der Waals surface area contributed by atoms with E-state index in [1.807, 2.05) is 12.1 Å². The summed E-state index contributed by atoms with van der Waals surface area (Å²) in [4.78, 5) is 4.80. The highest BCUT2D eigenvalue weighted by atomic mass is 28.3. The Morgan fingerprint density at radius 2 is 1.23 bits per heavy atom. The molecule has 0 heterocycles. The smallest absolute Gasteiger partial charge is 0.135 e. The van der Waals surface area contributed by atoms with Crippen molar-refractivity contribution in [2.75, 3.05) is 9.80 Å². The fourth-order valence-corrected chi connectivity index (χ4v) is 9.46. The summed E-state index contributed by atoms with van der Waals surface area (Å²) in [6.45, 7) is 7.18. The summed E-state index contributed by atoms with van der Waals surface area (Å²) in [6.07, 6.45) is 16.8. The molecule has 2 atom stereocenters. The van der Waals surface area contributed by atoms with Crippen LogP contribution in [0.3, 0.4) is 0 Å². The van der Waals surface area contributed by atoms with Crippen molar-refractivity contribution >= 4 is 46.8 Å². The predicted molar refractivity (Wildman–Crippen MR) is 255 cm³/mol. The fourth-order valence-electron chi connectivity index (χ4n) is 8.29. The molecular weight excluding hydrogens is 749 g/mol. The zero-order valence-corrected chi connectivity index (χ0v) is 35.5. The minimum Gasteiger partial charge on any atom is -0.485 e. The Morgan fingerprint density at radius 1 is 0.567 bits per heavy atom. The van der Waals surface area contributed by atoms with E-state index in [0.717, 1.165) is 63.6 Å². The first-order valence-corrected chi connectivity index (χ1v) is 24.5. The Morgan fingerprint density at radius 3 is 1.98 bits per heavy atom. The highest BCUT2D eigenvalue weighted by Gasteiger charge is 2.25. The maximum Gasteiger partial charge on any atom is 0.135 e. The number of para-hydroxylation sites is 2. The van der Waals surface area contributed by atoms with Gasteiger partial charge in [-0.1, -0.05) is 164 Å². The summed E-state index contributed by atoms with van der Waals surface area (Å²) in [5.74, 6) is 2.38. The summed E-state index contributed by atoms with van der Waals surface area (Å²) in [5.41, 5.74) is 8.05. The lowest BCUT2D eigenvalue weighted by Gasteiger charge is -2.34. The molecule has 0 bridgehead atoms. The lowest BCUT2D eigenvalue weighted by Crippen LogP contribution is -2.37. The Labute approximate surface area is 355 Å². The largest absolute Gasteiger partial charge is 0.485 e. The highest BCUT2D eigenvalue weighted by molar-refractivity contribution is 6.88. The maximum absolute atomic E-state index is 6.88. The molecule has 0 aromatic heterocycles. The van der Waals surface area contributed by atoms with Crippen LogP contribution in [0.5, 0.6) is 17.2 Å². The second-order valence-corrected chi connectivity index (χ2v) is 21.5. The molecule has 60 heavy (non-hydrogen) atoms. The number of nitrogens with zero attached hydrogens (tertiary/aromatic N) is 2. The second-order valence-electron chi connectivity index (χ2n) is 16.4. The van der Waals surface area contributed by atoms with Crippen molar-refractivity contribution in [1.29, 1.82) is 0 Å². The summed E-state index contributed by atoms with van der Waals surface area (Å²) in [5, 5.41) is 3.46. The molecule has 0 aliphatic heterocycles. The van der Waals surface area contributed by atoms with Crippen LogP contribution >= 0.6 is 0 Å². The van der Waals surface area contributed by atoms with E-state index in [-0.39, 0.29) is 12.1 Å². The number of ether oxygens (including phenoxy) is 2. The van der Waals surface area contributed by atoms with E-state index in [1.54, 1.807) is 0 Å². The third kappa shape index (κ3) is 8.36. The van der Waals surface area contributed by atoms with Gasteiger partial charge in [0.1, 0.15) is 23.4 Å². The van der Waals surface area contributed by atoms with Crippen molar-refractivity contribution in [3.8, 4) is 28.4 Å². The van der Waals surface area contributed by atoms with Crippen molar-refractivity contribution in [3.05, 3.63) is 218 Å². The SMILES string of the molecule is C[Si](C)(C)c1ccc(N(C2=CC=CC(Oc3cccc4c(Oc5cccc(N(c6ccccc6-c6ccccc6)C6C=CC=CC6)c5)cccc34)C2)c2ccccc2)cc1. The van der Waals surface area contributed by atoms with Gasteiger partial charge in [0, 0.05) is 57.3 Å². The average molecular weight is 799 g/mol. The first-order valence-electron chi connectivity index (χ1n) is 21.0. The number of benzene rings is 7. The minimum absolute atomic E-state index is 0.145. The molecule has 9 rings (SSSR count). The second kappa shape index (κ2) is 17.2. The molecule has 0 saturated carbocycles. The van der Waals surface area contributed by atoms with Gasteiger partial charge in [0.15, 0.2) is 0 Å². The molecule has 2 aliphatic carbocycles. The molecule has 7 aromatic carbocycles. The number of rotatable bonds is 12. The van der Waals surface area contributed by atoms with Crippen LogP contribution in [0, 0.1) is 0 Å². The molecule has 0 N–H and O–H groups in total. The van der Waals surface area contributed by atoms with Crippen LogP contribution in [0.1, 0.15) is 12.8 Å². The van der Waals surface area contributed by atoms with Crippen LogP contribution in [0.4, 0.5) is 22.7 Å². The molecule has 0 spiro atoms. The van der Waals surface area contributed by atoms with Crippen molar-refractivity contribution < 1.29 is 9.47 Å². The molecular formula is C55H50N2O2Si. The summed E-state index contributed by atoms with van der Waals surface area (Å²) in [7, 11) is -1.43. The summed E-state index contributed by atoms with van der Waals surface area (Å²) < 4.78 is 13.7. The number of allylic oxidation sites excluding steroid dienone is 4. The third-order valence-electron chi connectivity index (χ3n) is 11.3. The Bertz CT molecular complexity index is 2710. The topological polar surface area (TPSA) is 24.9 Å². The van der Waals surface area contributed by atoms with Gasteiger partial charge in [-0.2, -0.15) is 0 Å². The van der Waals surface area contributed by atoms with Crippen LogP contribution in [0.15, 0.2) is 218 Å². The van der Waals surface area contributed by atoms with Gasteiger partial charge in [-0.3, -0.25) is 0 Å². The lowest BCUT2D eigenvalue weighted by molar-refractivity contribution is 0.250. The van der Waals surface area contributed by atoms with E-state index in [1.165, 1.54) is 22.0 Å². The van der Waals surface area contributed by atoms with Crippen LogP contribution < -0.4 is 24.5 Å². The molecule has 0 saturated heterocycles. The van der Waals surface area contributed by atoms with Crippen LogP contribution in [0.2, 0.25) is 19.6 Å². The molecule has 2 aliphatic rings. The van der Waals surface area contributed by atoms with Gasteiger partial charge < -0.3 is 19.3 Å². The molecule has 5 heteroatoms. The zero-order chi connectivity index (χ0) is 40.9. The molecule has 2 unspecified atom stereocenters. The molecule has 4 nitrogen and oxygen atoms in total. The van der Waals surface area contributed by atoms with Crippen molar-refractivity contribution in [3.63, 3.8) is 0 Å². The quantitative estimate of drug-likeness (QED) is 0.115. The predicted octanol–water partition coefficient (Wildman–Crippen LogP) is 14.3. The van der Waals surface area contributed by atoms with E-state index >= 15 is 0 Å². The monoisotopic (exact) mass is 798 g/mol. The first-order chi connectivity index (χ1) is 29.4. The molecule has 296 valence electrons. The lowest BCUT2D eigenvalue weighted by atomic mass is 9.99. The van der Waals surface area contributed by atoms with Crippen molar-refractivity contribution in [2.24, 2.45) is 0 Å². The van der Waals surface area contributed by atoms with Gasteiger partial charge in [-0.25, -0.2) is 0 Å². The van der Waals surface area contributed by atoms with Gasteiger partial charge in [0.2, 0.25) is 0 Å². The third-order valence-corrected chi connectivity index (χ3v) is 13.4. The number of hydrogen-bond acceptors (Lipinski definition) is 4. The van der Waals surface area contributed by atoms with Crippen molar-refractivity contribution in [1.82, 2.24) is 0 Å². The molecule has 0 fully saturated rings. The maximum atomic E-state index is 6.88. The van der Waals surface area contributed by atoms with Crippen LogP contribution in [-0.2, 0) is 0 Å². The zero-order valence-electron chi connectivity index (χ0n) is 34.5. The van der Waals surface area contributed by atoms with Crippen LogP contribution in [-0.4, -0.2) is 20.2 Å². The van der Waals surface area contributed by atoms with Crippen LogP contribution in [0.25, 0.3) is 21.9 Å². The Kier molecular flexibility index (Phi) is 11.1. The number of hydrogen-bond donors (Lipinski definition) is 0. The highest BCUT2D eigenvalue weighted by Crippen LogP contribution is 2.42.